The molecule has 0 saturated carbocycles. The molecule has 0 unspecified atom stereocenters. The number of carbonyl (C=O) groups excluding carboxylic acids is 1. The Balaban J connectivity index is 2.09. The number of nitrogens with one attached hydrogen (secondary N) is 1. The number of Topliss-reactive ketones (excluding diaryl/α,β-unsaturated/α-hetero) is 1. The van der Waals surface area contributed by atoms with Gasteiger partial charge in [0.25, 0.3) is 0 Å². The van der Waals surface area contributed by atoms with Crippen molar-refractivity contribution >= 4 is 17.6 Å². The van der Waals surface area contributed by atoms with Gasteiger partial charge in [-0.15, -0.1) is 0 Å². The monoisotopic (exact) mass is 341 g/mol. The van der Waals surface area contributed by atoms with Crippen molar-refractivity contribution in [2.45, 2.75) is 52.1 Å². The van der Waals surface area contributed by atoms with Crippen LogP contribution < -0.4 is 5.32 Å². The molecule has 0 saturated heterocycles. The predicted octanol–water partition coefficient (Wildman–Crippen LogP) is 3.54. The van der Waals surface area contributed by atoms with Crippen LogP contribution in [0.25, 0.3) is 11.3 Å². The number of hydrogen-bond acceptors (Lipinski definition) is 4. The summed E-state index contributed by atoms with van der Waals surface area (Å²) in [6, 6.07) is 7.32. The highest BCUT2D eigenvalue weighted by Gasteiger charge is 2.36. The number of hydrogen-bond donors (Lipinski definition) is 2. The summed E-state index contributed by atoms with van der Waals surface area (Å²) in [6.07, 6.45) is 0.390. The van der Waals surface area contributed by atoms with Crippen molar-refractivity contribution in [2.75, 3.05) is 5.32 Å². The minimum atomic E-state index is -0.865. The Morgan fingerprint density at radius 3 is 2.52 bits per heavy atom. The maximum atomic E-state index is 12.8. The Morgan fingerprint density at radius 1 is 1.32 bits per heavy atom. The van der Waals surface area contributed by atoms with E-state index in [-0.39, 0.29) is 23.8 Å². The zero-order valence-corrected chi connectivity index (χ0v) is 15.0. The van der Waals surface area contributed by atoms with Crippen molar-refractivity contribution < 1.29 is 14.7 Å². The fraction of sp³-hybridized carbons (Fsp3) is 0.421. The van der Waals surface area contributed by atoms with Crippen molar-refractivity contribution in [3.8, 4) is 11.3 Å². The Morgan fingerprint density at radius 2 is 1.96 bits per heavy atom. The molecule has 3 rings (SSSR count). The van der Waals surface area contributed by atoms with E-state index >= 15 is 0 Å². The number of rotatable bonds is 4. The predicted molar refractivity (Wildman–Crippen MR) is 96.0 cm³/mol. The highest BCUT2D eigenvalue weighted by atomic mass is 16.4. The normalized spacial score (nSPS) is 15.8. The highest BCUT2D eigenvalue weighted by Crippen LogP contribution is 2.38. The molecule has 2 aromatic rings. The molecule has 1 aliphatic rings. The number of nitrogens with zero attached hydrogens (tertiary/aromatic N) is 2. The third kappa shape index (κ3) is 3.29. The minimum Gasteiger partial charge on any atom is -0.481 e. The average Bonchev–Trinajstić information content (AvgIpc) is 2.85. The van der Waals surface area contributed by atoms with Gasteiger partial charge in [0.2, 0.25) is 0 Å². The van der Waals surface area contributed by atoms with Crippen LogP contribution in [0, 0.1) is 0 Å². The first-order valence-corrected chi connectivity index (χ1v) is 8.43. The van der Waals surface area contributed by atoms with Crippen molar-refractivity contribution in [3.05, 3.63) is 35.4 Å². The molecule has 2 heterocycles. The van der Waals surface area contributed by atoms with Crippen molar-refractivity contribution in [2.24, 2.45) is 0 Å². The van der Waals surface area contributed by atoms with E-state index in [1.165, 1.54) is 0 Å². The molecule has 0 atom stereocenters. The molecule has 0 aliphatic carbocycles. The number of fused-ring (bicyclic) bond motifs is 1. The van der Waals surface area contributed by atoms with Crippen LogP contribution in [0.5, 0.6) is 0 Å². The molecular formula is C19H23N3O3. The van der Waals surface area contributed by atoms with Gasteiger partial charge in [-0.05, 0) is 33.3 Å². The van der Waals surface area contributed by atoms with Crippen molar-refractivity contribution in [1.29, 1.82) is 0 Å². The molecule has 2 N–H and O–H groups in total. The second-order valence-electron chi connectivity index (χ2n) is 7.49. The van der Waals surface area contributed by atoms with Crippen LogP contribution in [0.2, 0.25) is 0 Å². The lowest BCUT2D eigenvalue weighted by molar-refractivity contribution is -0.136. The second kappa shape index (κ2) is 6.02. The van der Waals surface area contributed by atoms with Gasteiger partial charge < -0.3 is 10.4 Å². The molecule has 0 fully saturated rings. The van der Waals surface area contributed by atoms with Gasteiger partial charge >= 0.3 is 5.97 Å². The molecule has 0 bridgehead atoms. The largest absolute Gasteiger partial charge is 0.481 e. The number of aliphatic carboxylic acids is 1. The summed E-state index contributed by atoms with van der Waals surface area (Å²) in [7, 11) is 0. The molecule has 0 radical (unpaired) electrons. The fourth-order valence-electron chi connectivity index (χ4n) is 3.20. The molecule has 6 heteroatoms. The smallest absolute Gasteiger partial charge is 0.307 e. The maximum absolute atomic E-state index is 12.8. The van der Waals surface area contributed by atoms with E-state index in [1.54, 1.807) is 12.1 Å². The summed E-state index contributed by atoms with van der Waals surface area (Å²) >= 11 is 0. The first-order valence-electron chi connectivity index (χ1n) is 8.43. The van der Waals surface area contributed by atoms with Crippen LogP contribution in [0.15, 0.2) is 24.3 Å². The summed E-state index contributed by atoms with van der Waals surface area (Å²) < 4.78 is 1.86. The third-order valence-electron chi connectivity index (χ3n) is 4.32. The maximum Gasteiger partial charge on any atom is 0.307 e. The van der Waals surface area contributed by atoms with Gasteiger partial charge in [-0.2, -0.15) is 5.10 Å². The fourth-order valence-corrected chi connectivity index (χ4v) is 3.20. The van der Waals surface area contributed by atoms with E-state index in [1.807, 2.05) is 44.5 Å². The highest BCUT2D eigenvalue weighted by molar-refractivity contribution is 6.08. The lowest BCUT2D eigenvalue weighted by Gasteiger charge is -2.32. The Bertz CT molecular complexity index is 832. The summed E-state index contributed by atoms with van der Waals surface area (Å²) in [5, 5.41) is 17.0. The molecule has 1 aromatic heterocycles. The van der Waals surface area contributed by atoms with Gasteiger partial charge in [0, 0.05) is 23.6 Å². The minimum absolute atomic E-state index is 0.0203. The van der Waals surface area contributed by atoms with Gasteiger partial charge in [0.1, 0.15) is 11.5 Å². The van der Waals surface area contributed by atoms with E-state index in [4.69, 9.17) is 5.11 Å². The topological polar surface area (TPSA) is 84.2 Å². The molecule has 1 aliphatic heterocycles. The van der Waals surface area contributed by atoms with Crippen molar-refractivity contribution in [3.63, 3.8) is 0 Å². The number of carboxylic acids is 1. The van der Waals surface area contributed by atoms with Gasteiger partial charge in [0.15, 0.2) is 5.78 Å². The van der Waals surface area contributed by atoms with Crippen LogP contribution >= 0.6 is 0 Å². The number of anilines is 1. The van der Waals surface area contributed by atoms with E-state index in [0.29, 0.717) is 17.7 Å². The average molecular weight is 341 g/mol. The van der Waals surface area contributed by atoms with Gasteiger partial charge in [-0.25, -0.2) is 4.68 Å². The van der Waals surface area contributed by atoms with Gasteiger partial charge in [-0.1, -0.05) is 24.3 Å². The second-order valence-corrected chi connectivity index (χ2v) is 7.49. The van der Waals surface area contributed by atoms with E-state index in [2.05, 4.69) is 10.4 Å². The zero-order valence-electron chi connectivity index (χ0n) is 15.0. The van der Waals surface area contributed by atoms with Crippen LogP contribution in [-0.4, -0.2) is 32.2 Å². The number of aromatic nitrogens is 2. The summed E-state index contributed by atoms with van der Waals surface area (Å²) in [6.45, 7) is 8.07. The summed E-state index contributed by atoms with van der Waals surface area (Å²) in [5.74, 6) is -0.0213. The molecule has 0 spiro atoms. The molecule has 25 heavy (non-hydrogen) atoms. The number of carbonyl (C=O) groups is 2. The quantitative estimate of drug-likeness (QED) is 0.888. The van der Waals surface area contributed by atoms with Crippen molar-refractivity contribution in [1.82, 2.24) is 9.78 Å². The lowest BCUT2D eigenvalue weighted by atomic mass is 9.88. The number of benzene rings is 1. The van der Waals surface area contributed by atoms with E-state index < -0.39 is 5.97 Å². The summed E-state index contributed by atoms with van der Waals surface area (Å²) in [4.78, 5) is 23.6. The molecule has 132 valence electrons. The number of ketones is 1. The van der Waals surface area contributed by atoms with Gasteiger partial charge in [0.05, 0.1) is 12.0 Å². The first kappa shape index (κ1) is 17.2. The standard InChI is InChI=1S/C19H23N3O3/c1-11(2)22-18-16(14(23)10-19(3,4)20-18)17(21-22)13-7-5-12(6-8-13)9-15(24)25/h5-8,11,20H,9-10H2,1-4H3,(H,24,25). The molecular weight excluding hydrogens is 318 g/mol. The van der Waals surface area contributed by atoms with Gasteiger partial charge in [-0.3, -0.25) is 9.59 Å². The van der Waals surface area contributed by atoms with Crippen LogP contribution in [-0.2, 0) is 11.2 Å². The molecule has 0 amide bonds. The van der Waals surface area contributed by atoms with Crippen LogP contribution in [0.4, 0.5) is 5.82 Å². The Hall–Kier alpha value is -2.63. The molecule has 6 nitrogen and oxygen atoms in total. The molecule has 1 aromatic carbocycles. The van der Waals surface area contributed by atoms with E-state index in [0.717, 1.165) is 16.9 Å². The van der Waals surface area contributed by atoms with E-state index in [9.17, 15) is 9.59 Å². The zero-order chi connectivity index (χ0) is 18.4. The SMILES string of the molecule is CC(C)n1nc(-c2ccc(CC(=O)O)cc2)c2c1NC(C)(C)CC2=O. The first-order chi connectivity index (χ1) is 11.7. The Kier molecular flexibility index (Phi) is 4.14. The Labute approximate surface area is 146 Å². The lowest BCUT2D eigenvalue weighted by Crippen LogP contribution is -2.39. The van der Waals surface area contributed by atoms with Crippen LogP contribution in [0.1, 0.15) is 56.1 Å². The number of carboxylic acid groups (broad SMARTS) is 1. The summed E-state index contributed by atoms with van der Waals surface area (Å²) in [5.41, 5.74) is 2.51. The van der Waals surface area contributed by atoms with Crippen LogP contribution in [0.3, 0.4) is 0 Å². The third-order valence-corrected chi connectivity index (χ3v) is 4.32.